The molecule has 1 aromatic heterocycles. The van der Waals surface area contributed by atoms with Crippen LogP contribution in [-0.4, -0.2) is 104 Å². The number of fused-ring (bicyclic) bond motifs is 5. The molecule has 0 aromatic carbocycles. The number of hydrogen-bond acceptors (Lipinski definition) is 13. The molecular weight excluding hydrogens is 610 g/mol. The second kappa shape index (κ2) is 11.2. The highest BCUT2D eigenvalue weighted by atomic mass is 32.1. The molecule has 4 aliphatic rings. The normalized spacial score (nSPS) is 40.0. The number of hydrogen-bond donors (Lipinski definition) is 6. The number of Topliss-reactive ketones (excluding diaryl/α,β-unsaturated/α-hetero) is 1. The predicted octanol–water partition coefficient (Wildman–Crippen LogP) is 0.0678. The van der Waals surface area contributed by atoms with E-state index in [1.54, 1.807) is 30.7 Å². The molecule has 1 saturated heterocycles. The first kappa shape index (κ1) is 33.6. The van der Waals surface area contributed by atoms with E-state index in [4.69, 9.17) is 14.2 Å². The van der Waals surface area contributed by atoms with E-state index < -0.39 is 101 Å². The highest BCUT2D eigenvalue weighted by Crippen LogP contribution is 2.63. The second-order valence-corrected chi connectivity index (χ2v) is 14.3. The van der Waals surface area contributed by atoms with Crippen molar-refractivity contribution in [2.24, 2.45) is 16.7 Å². The minimum absolute atomic E-state index is 0.00668. The molecule has 1 amide bonds. The van der Waals surface area contributed by atoms with E-state index in [9.17, 15) is 44.7 Å². The molecule has 2 heterocycles. The number of carbonyl (C=O) groups excluding carboxylic acids is 4. The molecule has 248 valence electrons. The van der Waals surface area contributed by atoms with Gasteiger partial charge in [0.2, 0.25) is 5.91 Å². The van der Waals surface area contributed by atoms with E-state index in [-0.39, 0.29) is 24.2 Å². The molecule has 6 N–H and O–H groups in total. The van der Waals surface area contributed by atoms with Crippen molar-refractivity contribution in [1.29, 1.82) is 0 Å². The van der Waals surface area contributed by atoms with Gasteiger partial charge in [0, 0.05) is 38.0 Å². The number of nitrogens with one attached hydrogen (secondary N) is 1. The standard InChI is InChI=1S/C31H41NO12S/c1-13-17(44-27(39)23(37)21(32-14(2)33)16-7-8-45-11-16)10-31(41)26(43-15(3)34)24-29(6,18(35)9-19-30(24,40)12-42-19)25(38)22(36)20(13)28(31,4)5/h7-8,11,17-19,21-24,26,35-37,40-41H,9-10,12H2,1-6H3,(H,32,33)/t17?,18-,19+,21-,22+,23+,24-,26-,29+,30-,31+/m0/s1. The maximum atomic E-state index is 14.3. The van der Waals surface area contributed by atoms with E-state index in [0.29, 0.717) is 5.56 Å². The number of aliphatic hydroxyl groups is 5. The third-order valence-corrected chi connectivity index (χ3v) is 11.4. The summed E-state index contributed by atoms with van der Waals surface area (Å²) >= 11 is 1.29. The van der Waals surface area contributed by atoms with Gasteiger partial charge in [-0.2, -0.15) is 11.3 Å². The summed E-state index contributed by atoms with van der Waals surface area (Å²) in [5.41, 5.74) is -6.76. The summed E-state index contributed by atoms with van der Waals surface area (Å²) in [5.74, 6) is -4.81. The number of rotatable bonds is 6. The van der Waals surface area contributed by atoms with Crippen LogP contribution in [-0.2, 0) is 33.4 Å². The molecular formula is C31H41NO12S. The Morgan fingerprint density at radius 1 is 1.13 bits per heavy atom. The maximum Gasteiger partial charge on any atom is 0.338 e. The van der Waals surface area contributed by atoms with Crippen LogP contribution in [0, 0.1) is 16.7 Å². The third-order valence-electron chi connectivity index (χ3n) is 10.7. The van der Waals surface area contributed by atoms with Crippen LogP contribution in [0.5, 0.6) is 0 Å². The molecule has 0 spiro atoms. The van der Waals surface area contributed by atoms with Gasteiger partial charge in [0.15, 0.2) is 11.9 Å². The number of aliphatic hydroxyl groups excluding tert-OH is 3. The summed E-state index contributed by atoms with van der Waals surface area (Å²) in [7, 11) is 0. The lowest BCUT2D eigenvalue weighted by atomic mass is 9.45. The summed E-state index contributed by atoms with van der Waals surface area (Å²) < 4.78 is 17.1. The van der Waals surface area contributed by atoms with Crippen LogP contribution in [0.15, 0.2) is 28.0 Å². The molecule has 1 aliphatic heterocycles. The lowest BCUT2D eigenvalue weighted by Gasteiger charge is -2.66. The van der Waals surface area contributed by atoms with Crippen LogP contribution < -0.4 is 5.32 Å². The van der Waals surface area contributed by atoms with Gasteiger partial charge in [0.1, 0.15) is 29.5 Å². The number of carbonyl (C=O) groups is 4. The largest absolute Gasteiger partial charge is 0.459 e. The molecule has 3 aliphatic carbocycles. The minimum atomic E-state index is -2.20. The smallest absolute Gasteiger partial charge is 0.338 e. The van der Waals surface area contributed by atoms with Crippen molar-refractivity contribution in [2.75, 3.05) is 6.61 Å². The van der Waals surface area contributed by atoms with Crippen molar-refractivity contribution in [2.45, 2.75) is 108 Å². The van der Waals surface area contributed by atoms with Crippen molar-refractivity contribution in [1.82, 2.24) is 5.32 Å². The van der Waals surface area contributed by atoms with Gasteiger partial charge in [-0.15, -0.1) is 0 Å². The maximum absolute atomic E-state index is 14.3. The number of ketones is 1. The lowest BCUT2D eigenvalue weighted by molar-refractivity contribution is -0.345. The van der Waals surface area contributed by atoms with E-state index in [2.05, 4.69) is 5.32 Å². The monoisotopic (exact) mass is 651 g/mol. The van der Waals surface area contributed by atoms with Crippen molar-refractivity contribution in [3.63, 3.8) is 0 Å². The molecule has 2 bridgehead atoms. The van der Waals surface area contributed by atoms with Crippen LogP contribution in [0.1, 0.15) is 66.0 Å². The Morgan fingerprint density at radius 2 is 1.80 bits per heavy atom. The molecule has 11 atom stereocenters. The van der Waals surface area contributed by atoms with Gasteiger partial charge in [0.25, 0.3) is 0 Å². The van der Waals surface area contributed by atoms with E-state index >= 15 is 0 Å². The van der Waals surface area contributed by atoms with Crippen LogP contribution in [0.4, 0.5) is 0 Å². The zero-order valence-electron chi connectivity index (χ0n) is 26.0. The quantitative estimate of drug-likeness (QED) is 0.178. The van der Waals surface area contributed by atoms with Crippen LogP contribution in [0.2, 0.25) is 0 Å². The molecule has 1 aromatic rings. The fourth-order valence-electron chi connectivity index (χ4n) is 8.16. The Morgan fingerprint density at radius 3 is 2.33 bits per heavy atom. The third kappa shape index (κ3) is 4.88. The predicted molar refractivity (Wildman–Crippen MR) is 156 cm³/mol. The average Bonchev–Trinajstić information content (AvgIpc) is 3.48. The SMILES string of the molecule is CC(=O)N[C@@H](c1ccsc1)[C@@H](O)C(=O)OC1C[C@@]2(O)[C@@H](OC(C)=O)[C@@H]3[C@]4(O)CO[C@@H]4C[C@H](O)[C@@]3(C)C(=O)[C@H](O)C(=C1C)C2(C)C. The van der Waals surface area contributed by atoms with Crippen molar-refractivity contribution < 1.29 is 58.9 Å². The molecule has 14 heteroatoms. The Bertz CT molecular complexity index is 1430. The molecule has 5 rings (SSSR count). The van der Waals surface area contributed by atoms with Crippen molar-refractivity contribution in [3.05, 3.63) is 33.5 Å². The highest BCUT2D eigenvalue weighted by molar-refractivity contribution is 7.08. The molecule has 3 fully saturated rings. The van der Waals surface area contributed by atoms with E-state index in [1.807, 2.05) is 0 Å². The van der Waals surface area contributed by atoms with Crippen LogP contribution >= 0.6 is 11.3 Å². The second-order valence-electron chi connectivity index (χ2n) is 13.6. The molecule has 13 nitrogen and oxygen atoms in total. The van der Waals surface area contributed by atoms with Gasteiger partial charge in [-0.1, -0.05) is 13.8 Å². The van der Waals surface area contributed by atoms with Crippen LogP contribution in [0.3, 0.4) is 0 Å². The summed E-state index contributed by atoms with van der Waals surface area (Å²) in [6, 6.07) is 0.473. The van der Waals surface area contributed by atoms with Gasteiger partial charge < -0.3 is 45.1 Å². The van der Waals surface area contributed by atoms with Gasteiger partial charge >= 0.3 is 11.9 Å². The molecule has 0 radical (unpaired) electrons. The highest BCUT2D eigenvalue weighted by Gasteiger charge is 2.76. The first-order valence-corrected chi connectivity index (χ1v) is 15.8. The van der Waals surface area contributed by atoms with Crippen molar-refractivity contribution in [3.8, 4) is 0 Å². The number of amides is 1. The Balaban J connectivity index is 1.63. The molecule has 45 heavy (non-hydrogen) atoms. The Kier molecular flexibility index (Phi) is 8.38. The van der Waals surface area contributed by atoms with E-state index in [0.717, 1.165) is 6.92 Å². The van der Waals surface area contributed by atoms with Gasteiger partial charge in [-0.3, -0.25) is 14.4 Å². The zero-order valence-corrected chi connectivity index (χ0v) is 26.8. The zero-order chi connectivity index (χ0) is 33.4. The lowest BCUT2D eigenvalue weighted by Crippen LogP contribution is -2.81. The summed E-state index contributed by atoms with van der Waals surface area (Å²) in [4.78, 5) is 52.3. The molecule has 2 saturated carbocycles. The fraction of sp³-hybridized carbons (Fsp3) is 0.677. The average molecular weight is 652 g/mol. The first-order valence-electron chi connectivity index (χ1n) is 14.8. The fourth-order valence-corrected chi connectivity index (χ4v) is 8.86. The summed E-state index contributed by atoms with van der Waals surface area (Å²) in [6.07, 6.45) is -9.73. The summed E-state index contributed by atoms with van der Waals surface area (Å²) in [5, 5.41) is 64.7. The van der Waals surface area contributed by atoms with Crippen LogP contribution in [0.25, 0.3) is 0 Å². The van der Waals surface area contributed by atoms with Crippen molar-refractivity contribution >= 4 is 35.0 Å². The van der Waals surface area contributed by atoms with Gasteiger partial charge in [-0.05, 0) is 47.4 Å². The minimum Gasteiger partial charge on any atom is -0.459 e. The van der Waals surface area contributed by atoms with Gasteiger partial charge in [0.05, 0.1) is 30.3 Å². The van der Waals surface area contributed by atoms with Gasteiger partial charge in [-0.25, -0.2) is 4.79 Å². The Labute approximate surface area is 264 Å². The summed E-state index contributed by atoms with van der Waals surface area (Å²) in [6.45, 7) is 8.06. The number of ether oxygens (including phenoxy) is 3. The molecule has 1 unspecified atom stereocenters. The number of thiophene rings is 1. The Hall–Kier alpha value is -2.72. The number of esters is 2. The first-order chi connectivity index (χ1) is 20.8. The van der Waals surface area contributed by atoms with E-state index in [1.165, 1.54) is 32.1 Å². The topological polar surface area (TPSA) is 209 Å².